The fourth-order valence-corrected chi connectivity index (χ4v) is 7.67. The molecule has 4 fully saturated rings. The van der Waals surface area contributed by atoms with E-state index in [1.165, 1.54) is 0 Å². The Morgan fingerprint density at radius 1 is 1.13 bits per heavy atom. The molecule has 1 heterocycles. The normalized spacial score (nSPS) is 43.3. The molecule has 2 spiro atoms. The molecule has 5 rings (SSSR count). The van der Waals surface area contributed by atoms with E-state index in [-0.39, 0.29) is 35.6 Å². The Labute approximate surface area is 179 Å². The van der Waals surface area contributed by atoms with E-state index in [4.69, 9.17) is 14.2 Å². The second-order valence-corrected chi connectivity index (χ2v) is 11.0. The lowest BCUT2D eigenvalue weighted by molar-refractivity contribution is -0.209. The van der Waals surface area contributed by atoms with Gasteiger partial charge in [0.25, 0.3) is 0 Å². The maximum atomic E-state index is 13.6. The monoisotopic (exact) mass is 414 g/mol. The molecule has 1 aromatic rings. The van der Waals surface area contributed by atoms with Gasteiger partial charge in [-0.25, -0.2) is 0 Å². The van der Waals surface area contributed by atoms with Crippen molar-refractivity contribution in [3.63, 3.8) is 0 Å². The summed E-state index contributed by atoms with van der Waals surface area (Å²) in [7, 11) is 0. The number of ketones is 1. The van der Waals surface area contributed by atoms with Crippen molar-refractivity contribution in [1.29, 1.82) is 0 Å². The minimum Gasteiger partial charge on any atom is -0.392 e. The molecule has 3 saturated carbocycles. The third-order valence-corrected chi connectivity index (χ3v) is 8.71. The first kappa shape index (κ1) is 20.6. The summed E-state index contributed by atoms with van der Waals surface area (Å²) < 4.78 is 18.3. The van der Waals surface area contributed by atoms with Crippen LogP contribution in [0.5, 0.6) is 0 Å². The summed E-state index contributed by atoms with van der Waals surface area (Å²) >= 11 is 0. The number of Topliss-reactive ketones (excluding diaryl/α,β-unsaturated/α-hetero) is 1. The number of aliphatic hydroxyl groups is 1. The highest BCUT2D eigenvalue weighted by Gasteiger charge is 2.79. The van der Waals surface area contributed by atoms with E-state index >= 15 is 0 Å². The molecule has 0 aromatic heterocycles. The van der Waals surface area contributed by atoms with Crippen molar-refractivity contribution < 1.29 is 24.1 Å². The van der Waals surface area contributed by atoms with E-state index in [2.05, 4.69) is 26.0 Å². The zero-order valence-electron chi connectivity index (χ0n) is 18.5. The number of hydrogen-bond donors (Lipinski definition) is 1. The van der Waals surface area contributed by atoms with Crippen LogP contribution >= 0.6 is 0 Å². The topological polar surface area (TPSA) is 65.0 Å². The Morgan fingerprint density at radius 3 is 2.53 bits per heavy atom. The fourth-order valence-electron chi connectivity index (χ4n) is 7.67. The van der Waals surface area contributed by atoms with Crippen LogP contribution in [-0.4, -0.2) is 41.6 Å². The second kappa shape index (κ2) is 6.61. The van der Waals surface area contributed by atoms with Crippen LogP contribution in [0.25, 0.3) is 0 Å². The molecule has 5 nitrogen and oxygen atoms in total. The average Bonchev–Trinajstić information content (AvgIpc) is 3.24. The number of carbonyl (C=O) groups excluding carboxylic acids is 1. The Morgan fingerprint density at radius 2 is 1.87 bits per heavy atom. The zero-order valence-corrected chi connectivity index (χ0v) is 18.5. The second-order valence-electron chi connectivity index (χ2n) is 11.0. The number of aliphatic hydroxyl groups excluding tert-OH is 1. The van der Waals surface area contributed by atoms with E-state index in [1.54, 1.807) is 0 Å². The third kappa shape index (κ3) is 2.65. The summed E-state index contributed by atoms with van der Waals surface area (Å²) in [6.45, 7) is 9.52. The first-order valence-corrected chi connectivity index (χ1v) is 11.3. The van der Waals surface area contributed by atoms with E-state index in [0.29, 0.717) is 19.6 Å². The van der Waals surface area contributed by atoms with Crippen LogP contribution in [-0.2, 0) is 25.6 Å². The molecule has 164 valence electrons. The van der Waals surface area contributed by atoms with Gasteiger partial charge in [0.15, 0.2) is 17.2 Å². The fraction of sp³-hybridized carbons (Fsp3) is 0.720. The quantitative estimate of drug-likeness (QED) is 0.813. The first-order valence-electron chi connectivity index (χ1n) is 11.3. The highest BCUT2D eigenvalue weighted by molar-refractivity contribution is 5.91. The SMILES string of the molecule is CC1(C)OC[C@@]2(O1)C(=O)C[C@@]13[C@@H](COCc4ccccc4)CC[C@@H]1C(C)(C)[C@@H]2[C@@H]3O. The van der Waals surface area contributed by atoms with Crippen molar-refractivity contribution in [2.24, 2.45) is 28.6 Å². The summed E-state index contributed by atoms with van der Waals surface area (Å²) in [6.07, 6.45) is 1.79. The summed E-state index contributed by atoms with van der Waals surface area (Å²) in [6, 6.07) is 10.2. The lowest BCUT2D eigenvalue weighted by atomic mass is 9.61. The maximum Gasteiger partial charge on any atom is 0.168 e. The molecule has 1 aliphatic heterocycles. The van der Waals surface area contributed by atoms with Crippen molar-refractivity contribution >= 4 is 5.78 Å². The van der Waals surface area contributed by atoms with Crippen molar-refractivity contribution in [3.05, 3.63) is 35.9 Å². The van der Waals surface area contributed by atoms with Crippen molar-refractivity contribution in [2.75, 3.05) is 13.2 Å². The standard InChI is InChI=1S/C25H34O5/c1-22(2)18-11-10-17(14-28-13-16-8-6-5-7-9-16)24(18)12-19(26)25(20(22)21(24)27)15-29-23(3,4)30-25/h5-9,17-18,20-21,27H,10-15H2,1-4H3/t17-,18-,20+,21+,24-,25-/m1/s1. The summed E-state index contributed by atoms with van der Waals surface area (Å²) in [5.74, 6) is -0.483. The van der Waals surface area contributed by atoms with Gasteiger partial charge in [0.05, 0.1) is 25.9 Å². The van der Waals surface area contributed by atoms with Crippen LogP contribution in [0.4, 0.5) is 0 Å². The molecule has 3 aliphatic carbocycles. The average molecular weight is 415 g/mol. The summed E-state index contributed by atoms with van der Waals surface area (Å²) in [5, 5.41) is 11.8. The Balaban J connectivity index is 1.42. The van der Waals surface area contributed by atoms with Gasteiger partial charge in [0.1, 0.15) is 0 Å². The largest absolute Gasteiger partial charge is 0.392 e. The van der Waals surface area contributed by atoms with Gasteiger partial charge in [-0.15, -0.1) is 0 Å². The Kier molecular flexibility index (Phi) is 4.55. The number of rotatable bonds is 4. The predicted octanol–water partition coefficient (Wildman–Crippen LogP) is 3.73. The van der Waals surface area contributed by atoms with E-state index in [1.807, 2.05) is 32.0 Å². The minimum absolute atomic E-state index is 0.105. The van der Waals surface area contributed by atoms with Crippen molar-refractivity contribution in [2.45, 2.75) is 71.1 Å². The van der Waals surface area contributed by atoms with Crippen molar-refractivity contribution in [1.82, 2.24) is 0 Å². The maximum absolute atomic E-state index is 13.6. The number of ether oxygens (including phenoxy) is 3. The van der Waals surface area contributed by atoms with Gasteiger partial charge in [-0.1, -0.05) is 44.2 Å². The highest BCUT2D eigenvalue weighted by atomic mass is 16.8. The molecule has 0 radical (unpaired) electrons. The minimum atomic E-state index is -1.03. The smallest absolute Gasteiger partial charge is 0.168 e. The molecule has 1 saturated heterocycles. The summed E-state index contributed by atoms with van der Waals surface area (Å²) in [4.78, 5) is 13.6. The first-order chi connectivity index (χ1) is 14.1. The molecule has 1 aromatic carbocycles. The van der Waals surface area contributed by atoms with E-state index in [9.17, 15) is 9.90 Å². The Hall–Kier alpha value is -1.27. The lowest BCUT2D eigenvalue weighted by Crippen LogP contribution is -2.62. The summed E-state index contributed by atoms with van der Waals surface area (Å²) in [5.41, 5.74) is -0.503. The van der Waals surface area contributed by atoms with Crippen LogP contribution < -0.4 is 0 Å². The number of fused-ring (bicyclic) bond motifs is 2. The number of hydrogen-bond acceptors (Lipinski definition) is 5. The molecule has 4 aliphatic rings. The van der Waals surface area contributed by atoms with Crippen LogP contribution in [0, 0.1) is 28.6 Å². The van der Waals surface area contributed by atoms with Gasteiger partial charge in [0, 0.05) is 17.8 Å². The third-order valence-electron chi connectivity index (χ3n) is 8.71. The highest BCUT2D eigenvalue weighted by Crippen LogP contribution is 2.73. The van der Waals surface area contributed by atoms with Crippen LogP contribution in [0.2, 0.25) is 0 Å². The van der Waals surface area contributed by atoms with Gasteiger partial charge in [-0.3, -0.25) is 4.79 Å². The van der Waals surface area contributed by atoms with Gasteiger partial charge in [-0.05, 0) is 49.5 Å². The van der Waals surface area contributed by atoms with E-state index in [0.717, 1.165) is 18.4 Å². The van der Waals surface area contributed by atoms with Crippen LogP contribution in [0.1, 0.15) is 52.5 Å². The van der Waals surface area contributed by atoms with Gasteiger partial charge in [0.2, 0.25) is 0 Å². The zero-order chi connectivity index (χ0) is 21.4. The predicted molar refractivity (Wildman–Crippen MR) is 111 cm³/mol. The molecule has 0 amide bonds. The van der Waals surface area contributed by atoms with Gasteiger partial charge >= 0.3 is 0 Å². The van der Waals surface area contributed by atoms with Crippen molar-refractivity contribution in [3.8, 4) is 0 Å². The van der Waals surface area contributed by atoms with Crippen LogP contribution in [0.3, 0.4) is 0 Å². The molecular weight excluding hydrogens is 380 g/mol. The molecule has 1 N–H and O–H groups in total. The van der Waals surface area contributed by atoms with Crippen LogP contribution in [0.15, 0.2) is 30.3 Å². The molecule has 30 heavy (non-hydrogen) atoms. The van der Waals surface area contributed by atoms with Gasteiger partial charge < -0.3 is 19.3 Å². The molecular formula is C25H34O5. The van der Waals surface area contributed by atoms with E-state index < -0.39 is 22.9 Å². The van der Waals surface area contributed by atoms with Gasteiger partial charge in [-0.2, -0.15) is 0 Å². The number of benzene rings is 1. The molecule has 0 unspecified atom stereocenters. The molecule has 2 bridgehead atoms. The molecule has 5 heteroatoms. The molecule has 6 atom stereocenters. The Bertz CT molecular complexity index is 833. The number of carbonyl (C=O) groups is 1. The lowest BCUT2D eigenvalue weighted by Gasteiger charge is -2.48.